The van der Waals surface area contributed by atoms with Crippen molar-refractivity contribution in [2.45, 2.75) is 19.9 Å². The molecular weight excluding hydrogens is 299 g/mol. The molecule has 2 rings (SSSR count). The van der Waals surface area contributed by atoms with Gasteiger partial charge in [-0.15, -0.1) is 0 Å². The Bertz CT molecular complexity index is 638. The van der Waals surface area contributed by atoms with Gasteiger partial charge in [-0.25, -0.2) is 4.39 Å². The minimum atomic E-state index is -0.297. The molecule has 0 radical (unpaired) electrons. The molecular formula is C17H19FN2O3. The van der Waals surface area contributed by atoms with Gasteiger partial charge >= 0.3 is 0 Å². The van der Waals surface area contributed by atoms with E-state index < -0.39 is 0 Å². The van der Waals surface area contributed by atoms with Crippen molar-refractivity contribution in [3.05, 3.63) is 59.8 Å². The van der Waals surface area contributed by atoms with Crippen LogP contribution in [0.25, 0.3) is 0 Å². The Morgan fingerprint density at radius 3 is 2.57 bits per heavy atom. The highest BCUT2D eigenvalue weighted by Crippen LogP contribution is 2.05. The fraction of sp³-hybridized carbons (Fsp3) is 0.294. The van der Waals surface area contributed by atoms with Crippen LogP contribution in [-0.2, 0) is 22.6 Å². The molecule has 0 aliphatic carbocycles. The summed E-state index contributed by atoms with van der Waals surface area (Å²) in [6.45, 7) is 2.09. The zero-order chi connectivity index (χ0) is 16.7. The second-order valence-electron chi connectivity index (χ2n) is 5.17. The van der Waals surface area contributed by atoms with Crippen molar-refractivity contribution in [3.63, 3.8) is 0 Å². The molecule has 2 amide bonds. The van der Waals surface area contributed by atoms with Crippen LogP contribution in [0.15, 0.2) is 47.1 Å². The average Bonchev–Trinajstić information content (AvgIpc) is 3.04. The predicted molar refractivity (Wildman–Crippen MR) is 82.9 cm³/mol. The molecule has 0 fully saturated rings. The first-order valence-electron chi connectivity index (χ1n) is 7.33. The van der Waals surface area contributed by atoms with Crippen LogP contribution in [0.3, 0.4) is 0 Å². The summed E-state index contributed by atoms with van der Waals surface area (Å²) in [5.74, 6) is -0.0792. The largest absolute Gasteiger partial charge is 0.467 e. The van der Waals surface area contributed by atoms with Crippen LogP contribution in [0, 0.1) is 5.82 Å². The van der Waals surface area contributed by atoms with Crippen molar-refractivity contribution in [1.82, 2.24) is 10.2 Å². The molecule has 122 valence electrons. The predicted octanol–water partition coefficient (Wildman–Crippen LogP) is 2.13. The first-order valence-corrected chi connectivity index (χ1v) is 7.33. The van der Waals surface area contributed by atoms with Crippen molar-refractivity contribution >= 4 is 11.8 Å². The topological polar surface area (TPSA) is 62.6 Å². The van der Waals surface area contributed by atoms with E-state index in [4.69, 9.17) is 4.42 Å². The Morgan fingerprint density at radius 2 is 1.96 bits per heavy atom. The number of nitrogens with one attached hydrogen (secondary N) is 1. The monoisotopic (exact) mass is 318 g/mol. The van der Waals surface area contributed by atoms with Crippen molar-refractivity contribution in [2.75, 3.05) is 13.1 Å². The van der Waals surface area contributed by atoms with Gasteiger partial charge in [0.1, 0.15) is 11.6 Å². The van der Waals surface area contributed by atoms with Crippen molar-refractivity contribution in [3.8, 4) is 0 Å². The number of halogens is 1. The molecule has 23 heavy (non-hydrogen) atoms. The van der Waals surface area contributed by atoms with Gasteiger partial charge in [0, 0.05) is 13.5 Å². The summed E-state index contributed by atoms with van der Waals surface area (Å²) in [5.41, 5.74) is 0.911. The van der Waals surface area contributed by atoms with E-state index in [0.29, 0.717) is 18.7 Å². The number of amides is 2. The number of carbonyl (C=O) groups is 2. The second kappa shape index (κ2) is 8.12. The van der Waals surface area contributed by atoms with Crippen molar-refractivity contribution in [1.29, 1.82) is 0 Å². The summed E-state index contributed by atoms with van der Waals surface area (Å²) < 4.78 is 18.0. The quantitative estimate of drug-likeness (QED) is 0.850. The standard InChI is InChI=1S/C17H19FN2O3/c1-13(21)20(9-8-14-4-6-15(18)7-5-14)12-17(22)19-11-16-3-2-10-23-16/h2-7,10H,8-9,11-12H2,1H3,(H,19,22). The lowest BCUT2D eigenvalue weighted by atomic mass is 10.1. The van der Waals surface area contributed by atoms with Gasteiger partial charge < -0.3 is 14.6 Å². The molecule has 0 spiro atoms. The van der Waals surface area contributed by atoms with E-state index in [1.165, 1.54) is 30.2 Å². The summed E-state index contributed by atoms with van der Waals surface area (Å²) in [6, 6.07) is 9.60. The van der Waals surface area contributed by atoms with E-state index in [-0.39, 0.29) is 30.7 Å². The Hall–Kier alpha value is -2.63. The number of carbonyl (C=O) groups excluding carboxylic acids is 2. The van der Waals surface area contributed by atoms with Crippen LogP contribution in [0.2, 0.25) is 0 Å². The molecule has 1 heterocycles. The van der Waals surface area contributed by atoms with E-state index in [9.17, 15) is 14.0 Å². The second-order valence-corrected chi connectivity index (χ2v) is 5.17. The van der Waals surface area contributed by atoms with E-state index in [0.717, 1.165) is 5.56 Å². The van der Waals surface area contributed by atoms with Gasteiger partial charge in [0.05, 0.1) is 19.4 Å². The molecule has 5 nitrogen and oxygen atoms in total. The van der Waals surface area contributed by atoms with Crippen LogP contribution in [-0.4, -0.2) is 29.8 Å². The summed E-state index contributed by atoms with van der Waals surface area (Å²) in [7, 11) is 0. The summed E-state index contributed by atoms with van der Waals surface area (Å²) >= 11 is 0. The molecule has 1 aromatic heterocycles. The maximum absolute atomic E-state index is 12.9. The highest BCUT2D eigenvalue weighted by atomic mass is 19.1. The molecule has 1 aromatic carbocycles. The summed E-state index contributed by atoms with van der Waals surface area (Å²) in [6.07, 6.45) is 2.09. The number of furan rings is 1. The summed E-state index contributed by atoms with van der Waals surface area (Å²) in [4.78, 5) is 25.0. The lowest BCUT2D eigenvalue weighted by Gasteiger charge is -2.20. The third-order valence-electron chi connectivity index (χ3n) is 3.40. The number of rotatable bonds is 7. The van der Waals surface area contributed by atoms with Crippen LogP contribution >= 0.6 is 0 Å². The maximum atomic E-state index is 12.9. The lowest BCUT2D eigenvalue weighted by molar-refractivity contribution is -0.134. The van der Waals surface area contributed by atoms with Crippen LogP contribution in [0.5, 0.6) is 0 Å². The van der Waals surface area contributed by atoms with E-state index in [2.05, 4.69) is 5.32 Å². The Kier molecular flexibility index (Phi) is 5.91. The maximum Gasteiger partial charge on any atom is 0.240 e. The number of nitrogens with zero attached hydrogens (tertiary/aromatic N) is 1. The molecule has 2 aromatic rings. The molecule has 0 bridgehead atoms. The molecule has 1 N–H and O–H groups in total. The van der Waals surface area contributed by atoms with Gasteiger partial charge in [-0.2, -0.15) is 0 Å². The molecule has 6 heteroatoms. The third-order valence-corrected chi connectivity index (χ3v) is 3.40. The Labute approximate surface area is 134 Å². The van der Waals surface area contributed by atoms with Gasteiger partial charge in [-0.3, -0.25) is 9.59 Å². The normalized spacial score (nSPS) is 10.3. The van der Waals surface area contributed by atoms with Gasteiger partial charge in [0.15, 0.2) is 0 Å². The van der Waals surface area contributed by atoms with Gasteiger partial charge in [0.25, 0.3) is 0 Å². The first kappa shape index (κ1) is 16.7. The van der Waals surface area contributed by atoms with Crippen LogP contribution in [0.1, 0.15) is 18.2 Å². The Morgan fingerprint density at radius 1 is 1.22 bits per heavy atom. The fourth-order valence-corrected chi connectivity index (χ4v) is 2.09. The number of benzene rings is 1. The smallest absolute Gasteiger partial charge is 0.240 e. The van der Waals surface area contributed by atoms with E-state index >= 15 is 0 Å². The third kappa shape index (κ3) is 5.58. The van der Waals surface area contributed by atoms with Crippen LogP contribution < -0.4 is 5.32 Å². The lowest BCUT2D eigenvalue weighted by Crippen LogP contribution is -2.40. The molecule has 0 aliphatic rings. The van der Waals surface area contributed by atoms with Gasteiger partial charge in [0.2, 0.25) is 11.8 Å². The zero-order valence-corrected chi connectivity index (χ0v) is 12.9. The Balaban J connectivity index is 1.81. The van der Waals surface area contributed by atoms with Gasteiger partial charge in [-0.05, 0) is 36.2 Å². The zero-order valence-electron chi connectivity index (χ0n) is 12.9. The van der Waals surface area contributed by atoms with Crippen molar-refractivity contribution < 1.29 is 18.4 Å². The molecule has 0 aliphatic heterocycles. The number of hydrogen-bond donors (Lipinski definition) is 1. The minimum Gasteiger partial charge on any atom is -0.467 e. The van der Waals surface area contributed by atoms with E-state index in [1.54, 1.807) is 24.3 Å². The highest BCUT2D eigenvalue weighted by molar-refractivity contribution is 5.83. The van der Waals surface area contributed by atoms with Crippen molar-refractivity contribution in [2.24, 2.45) is 0 Å². The molecule has 0 saturated carbocycles. The molecule has 0 unspecified atom stereocenters. The number of hydrogen-bond acceptors (Lipinski definition) is 3. The van der Waals surface area contributed by atoms with E-state index in [1.807, 2.05) is 0 Å². The fourth-order valence-electron chi connectivity index (χ4n) is 2.09. The molecule has 0 atom stereocenters. The SMILES string of the molecule is CC(=O)N(CCc1ccc(F)cc1)CC(=O)NCc1ccco1. The first-order chi connectivity index (χ1) is 11.0. The van der Waals surface area contributed by atoms with Crippen LogP contribution in [0.4, 0.5) is 4.39 Å². The van der Waals surface area contributed by atoms with Gasteiger partial charge in [-0.1, -0.05) is 12.1 Å². The highest BCUT2D eigenvalue weighted by Gasteiger charge is 2.13. The minimum absolute atomic E-state index is 0.0166. The average molecular weight is 318 g/mol. The molecule has 0 saturated heterocycles. The summed E-state index contributed by atoms with van der Waals surface area (Å²) in [5, 5.41) is 2.70.